The number of carbonyl (C=O) groups excluding carboxylic acids is 2. The highest BCUT2D eigenvalue weighted by atomic mass is 35.5. The Morgan fingerprint density at radius 3 is 2.68 bits per heavy atom. The van der Waals surface area contributed by atoms with Crippen molar-refractivity contribution in [1.29, 1.82) is 0 Å². The quantitative estimate of drug-likeness (QED) is 0.449. The highest BCUT2D eigenvalue weighted by Crippen LogP contribution is 2.35. The van der Waals surface area contributed by atoms with Crippen LogP contribution in [-0.2, 0) is 9.59 Å². The van der Waals surface area contributed by atoms with E-state index in [4.69, 9.17) is 33.3 Å². The normalized spacial score (nSPS) is 15.0. The number of carbonyl (C=O) groups is 2. The van der Waals surface area contributed by atoms with E-state index in [-0.39, 0.29) is 24.5 Å². The lowest BCUT2D eigenvalue weighted by Crippen LogP contribution is -2.34. The lowest BCUT2D eigenvalue weighted by atomic mass is 10.1. The molecular formula is C22H21ClN2O4S2. The van der Waals surface area contributed by atoms with Crippen molar-refractivity contribution in [1.82, 2.24) is 4.90 Å². The number of thiocarbonyl (C=S) groups is 1. The molecule has 0 atom stereocenters. The summed E-state index contributed by atoms with van der Waals surface area (Å²) in [5, 5.41) is 3.25. The maximum atomic E-state index is 12.6. The lowest BCUT2D eigenvalue weighted by molar-refractivity contribution is -0.123. The molecule has 1 heterocycles. The van der Waals surface area contributed by atoms with Crippen LogP contribution in [0.2, 0.25) is 5.02 Å². The number of hydrogen-bond acceptors (Lipinski definition) is 6. The molecule has 2 aromatic carbocycles. The Kier molecular flexibility index (Phi) is 7.59. The molecule has 2 amide bonds. The van der Waals surface area contributed by atoms with Crippen LogP contribution in [0.4, 0.5) is 5.69 Å². The van der Waals surface area contributed by atoms with E-state index in [1.165, 1.54) is 18.9 Å². The fourth-order valence-corrected chi connectivity index (χ4v) is 4.59. The number of hydrogen-bond donors (Lipinski definition) is 1. The number of rotatable bonds is 7. The van der Waals surface area contributed by atoms with E-state index in [9.17, 15) is 9.59 Å². The van der Waals surface area contributed by atoms with Gasteiger partial charge in [-0.05, 0) is 55.8 Å². The Morgan fingerprint density at radius 2 is 2.03 bits per heavy atom. The van der Waals surface area contributed by atoms with Gasteiger partial charge < -0.3 is 14.8 Å². The molecule has 1 fully saturated rings. The number of benzene rings is 2. The maximum Gasteiger partial charge on any atom is 0.266 e. The lowest BCUT2D eigenvalue weighted by Gasteiger charge is -2.18. The molecule has 9 heteroatoms. The van der Waals surface area contributed by atoms with Crippen molar-refractivity contribution in [2.75, 3.05) is 19.0 Å². The summed E-state index contributed by atoms with van der Waals surface area (Å²) in [6, 6.07) is 12.1. The SMILES string of the molecule is COc1cc(/C=C2\SC(=S)N(C(C)C)C2=O)ccc1OCC(=O)Nc1cccc(Cl)c1. The predicted octanol–water partition coefficient (Wildman–Crippen LogP) is 4.98. The highest BCUT2D eigenvalue weighted by Gasteiger charge is 2.33. The second kappa shape index (κ2) is 10.2. The maximum absolute atomic E-state index is 12.6. The Bertz CT molecular complexity index is 1060. The van der Waals surface area contributed by atoms with Crippen LogP contribution < -0.4 is 14.8 Å². The fraction of sp³-hybridized carbons (Fsp3) is 0.227. The predicted molar refractivity (Wildman–Crippen MR) is 129 cm³/mol. The molecule has 0 unspecified atom stereocenters. The number of nitrogens with zero attached hydrogens (tertiary/aromatic N) is 1. The molecule has 0 spiro atoms. The van der Waals surface area contributed by atoms with Gasteiger partial charge in [-0.1, -0.05) is 47.7 Å². The summed E-state index contributed by atoms with van der Waals surface area (Å²) in [5.74, 6) is 0.423. The van der Waals surface area contributed by atoms with Gasteiger partial charge in [0.15, 0.2) is 18.1 Å². The third kappa shape index (κ3) is 5.78. The monoisotopic (exact) mass is 476 g/mol. The van der Waals surface area contributed by atoms with Crippen LogP contribution in [0, 0.1) is 0 Å². The van der Waals surface area contributed by atoms with Gasteiger partial charge >= 0.3 is 0 Å². The van der Waals surface area contributed by atoms with Crippen molar-refractivity contribution in [3.63, 3.8) is 0 Å². The molecular weight excluding hydrogens is 456 g/mol. The van der Waals surface area contributed by atoms with E-state index in [0.29, 0.717) is 31.4 Å². The molecule has 0 saturated carbocycles. The van der Waals surface area contributed by atoms with E-state index >= 15 is 0 Å². The summed E-state index contributed by atoms with van der Waals surface area (Å²) >= 11 is 12.5. The summed E-state index contributed by atoms with van der Waals surface area (Å²) in [6.07, 6.45) is 1.76. The molecule has 6 nitrogen and oxygen atoms in total. The minimum absolute atomic E-state index is 0.00164. The first-order valence-corrected chi connectivity index (χ1v) is 11.0. The van der Waals surface area contributed by atoms with Crippen LogP contribution in [-0.4, -0.2) is 40.8 Å². The summed E-state index contributed by atoms with van der Waals surface area (Å²) in [6.45, 7) is 3.64. The third-order valence-corrected chi connectivity index (χ3v) is 5.86. The average Bonchev–Trinajstić information content (AvgIpc) is 2.99. The summed E-state index contributed by atoms with van der Waals surface area (Å²) in [4.78, 5) is 26.9. The summed E-state index contributed by atoms with van der Waals surface area (Å²) < 4.78 is 11.6. The molecule has 1 saturated heterocycles. The molecule has 0 radical (unpaired) electrons. The minimum Gasteiger partial charge on any atom is -0.493 e. The van der Waals surface area contributed by atoms with Gasteiger partial charge in [0.05, 0.1) is 12.0 Å². The molecule has 0 aromatic heterocycles. The van der Waals surface area contributed by atoms with Gasteiger partial charge in [-0.15, -0.1) is 0 Å². The molecule has 0 aliphatic carbocycles. The first-order valence-electron chi connectivity index (χ1n) is 9.42. The van der Waals surface area contributed by atoms with E-state index in [2.05, 4.69) is 5.32 Å². The van der Waals surface area contributed by atoms with Crippen LogP contribution in [0.15, 0.2) is 47.4 Å². The third-order valence-electron chi connectivity index (χ3n) is 4.29. The van der Waals surface area contributed by atoms with Gasteiger partial charge in [0, 0.05) is 16.8 Å². The largest absolute Gasteiger partial charge is 0.493 e. The smallest absolute Gasteiger partial charge is 0.266 e. The molecule has 3 rings (SSSR count). The van der Waals surface area contributed by atoms with Crippen molar-refractivity contribution in [2.24, 2.45) is 0 Å². The molecule has 1 N–H and O–H groups in total. The topological polar surface area (TPSA) is 67.9 Å². The van der Waals surface area contributed by atoms with Crippen molar-refractivity contribution < 1.29 is 19.1 Å². The zero-order valence-electron chi connectivity index (χ0n) is 17.2. The number of anilines is 1. The number of nitrogens with one attached hydrogen (secondary N) is 1. The summed E-state index contributed by atoms with van der Waals surface area (Å²) in [5.41, 5.74) is 1.35. The Hall–Kier alpha value is -2.55. The fourth-order valence-electron chi connectivity index (χ4n) is 2.88. The number of halogens is 1. The van der Waals surface area contributed by atoms with Crippen molar-refractivity contribution in [3.8, 4) is 11.5 Å². The van der Waals surface area contributed by atoms with Gasteiger partial charge in [-0.3, -0.25) is 14.5 Å². The van der Waals surface area contributed by atoms with E-state index in [1.807, 2.05) is 13.8 Å². The standard InChI is InChI=1S/C22H21ClN2O4S2/c1-13(2)25-21(27)19(31-22(25)30)10-14-7-8-17(18(9-14)28-3)29-12-20(26)24-16-6-4-5-15(23)11-16/h4-11,13H,12H2,1-3H3,(H,24,26)/b19-10-. The second-order valence-corrected chi connectivity index (χ2v) is 9.02. The molecule has 162 valence electrons. The van der Waals surface area contributed by atoms with E-state index in [1.54, 1.807) is 53.4 Å². The summed E-state index contributed by atoms with van der Waals surface area (Å²) in [7, 11) is 1.51. The first kappa shape index (κ1) is 23.1. The first-order chi connectivity index (χ1) is 14.8. The van der Waals surface area contributed by atoms with Gasteiger partial charge in [0.1, 0.15) is 4.32 Å². The zero-order chi connectivity index (χ0) is 22.5. The van der Waals surface area contributed by atoms with Crippen molar-refractivity contribution in [3.05, 3.63) is 58.0 Å². The Balaban J connectivity index is 1.68. The molecule has 1 aliphatic rings. The number of amides is 2. The van der Waals surface area contributed by atoms with Crippen LogP contribution >= 0.6 is 35.6 Å². The van der Waals surface area contributed by atoms with E-state index < -0.39 is 0 Å². The van der Waals surface area contributed by atoms with Crippen LogP contribution in [0.5, 0.6) is 11.5 Å². The Morgan fingerprint density at radius 1 is 1.26 bits per heavy atom. The Labute approximate surface area is 195 Å². The van der Waals surface area contributed by atoms with Gasteiger partial charge in [-0.25, -0.2) is 0 Å². The van der Waals surface area contributed by atoms with Crippen molar-refractivity contribution >= 4 is 63.5 Å². The molecule has 0 bridgehead atoms. The molecule has 2 aromatic rings. The van der Waals surface area contributed by atoms with E-state index in [0.717, 1.165) is 5.56 Å². The zero-order valence-corrected chi connectivity index (χ0v) is 19.6. The highest BCUT2D eigenvalue weighted by molar-refractivity contribution is 8.26. The van der Waals surface area contributed by atoms with Crippen LogP contribution in [0.25, 0.3) is 6.08 Å². The second-order valence-electron chi connectivity index (χ2n) is 6.90. The number of ether oxygens (including phenoxy) is 2. The minimum atomic E-state index is -0.328. The number of thioether (sulfide) groups is 1. The van der Waals surface area contributed by atoms with Gasteiger partial charge in [-0.2, -0.15) is 0 Å². The number of methoxy groups -OCH3 is 1. The molecule has 1 aliphatic heterocycles. The van der Waals surface area contributed by atoms with Crippen LogP contribution in [0.3, 0.4) is 0 Å². The average molecular weight is 477 g/mol. The molecule has 31 heavy (non-hydrogen) atoms. The van der Waals surface area contributed by atoms with Crippen molar-refractivity contribution in [2.45, 2.75) is 19.9 Å². The van der Waals surface area contributed by atoms with Gasteiger partial charge in [0.2, 0.25) is 0 Å². The van der Waals surface area contributed by atoms with Crippen LogP contribution in [0.1, 0.15) is 19.4 Å². The van der Waals surface area contributed by atoms with Gasteiger partial charge in [0.25, 0.3) is 11.8 Å².